The number of halogens is 1. The SMILES string of the molecule is CCCNC(Cc1ccccc1Cl)CC(CC)CC. The molecular weight excluding hydrogens is 254 g/mol. The molecule has 0 aliphatic carbocycles. The van der Waals surface area contributed by atoms with E-state index in [0.717, 1.165) is 23.9 Å². The fourth-order valence-electron chi connectivity index (χ4n) is 2.54. The monoisotopic (exact) mass is 281 g/mol. The maximum absolute atomic E-state index is 6.28. The van der Waals surface area contributed by atoms with Gasteiger partial charge in [-0.2, -0.15) is 0 Å². The lowest BCUT2D eigenvalue weighted by Crippen LogP contribution is -2.33. The Morgan fingerprint density at radius 1 is 1.11 bits per heavy atom. The number of hydrogen-bond donors (Lipinski definition) is 1. The van der Waals surface area contributed by atoms with Gasteiger partial charge in [0.15, 0.2) is 0 Å². The topological polar surface area (TPSA) is 12.0 Å². The molecule has 0 aromatic heterocycles. The molecule has 0 saturated carbocycles. The predicted octanol–water partition coefficient (Wildman–Crippen LogP) is 5.08. The molecule has 0 aliphatic rings. The maximum atomic E-state index is 6.28. The van der Waals surface area contributed by atoms with Crippen LogP contribution in [-0.4, -0.2) is 12.6 Å². The Labute approximate surface area is 123 Å². The van der Waals surface area contributed by atoms with Crippen LogP contribution in [0.5, 0.6) is 0 Å². The van der Waals surface area contributed by atoms with E-state index < -0.39 is 0 Å². The molecule has 0 saturated heterocycles. The van der Waals surface area contributed by atoms with Crippen LogP contribution in [0.3, 0.4) is 0 Å². The van der Waals surface area contributed by atoms with E-state index >= 15 is 0 Å². The Morgan fingerprint density at radius 2 is 1.79 bits per heavy atom. The Hall–Kier alpha value is -0.530. The smallest absolute Gasteiger partial charge is 0.0438 e. The van der Waals surface area contributed by atoms with Gasteiger partial charge in [0.05, 0.1) is 0 Å². The van der Waals surface area contributed by atoms with Gasteiger partial charge in [0.25, 0.3) is 0 Å². The second-order valence-corrected chi connectivity index (χ2v) is 5.77. The van der Waals surface area contributed by atoms with E-state index in [1.807, 2.05) is 12.1 Å². The van der Waals surface area contributed by atoms with Gasteiger partial charge in [-0.3, -0.25) is 0 Å². The van der Waals surface area contributed by atoms with Crippen molar-refractivity contribution in [3.05, 3.63) is 34.9 Å². The van der Waals surface area contributed by atoms with Crippen LogP contribution in [0.1, 0.15) is 52.0 Å². The summed E-state index contributed by atoms with van der Waals surface area (Å²) in [6.07, 6.45) is 6.00. The summed E-state index contributed by atoms with van der Waals surface area (Å²) in [5.74, 6) is 0.817. The molecule has 1 N–H and O–H groups in total. The van der Waals surface area contributed by atoms with Crippen molar-refractivity contribution in [1.29, 1.82) is 0 Å². The van der Waals surface area contributed by atoms with Crippen LogP contribution in [0.15, 0.2) is 24.3 Å². The molecule has 0 aliphatic heterocycles. The first kappa shape index (κ1) is 16.5. The third kappa shape index (κ3) is 5.97. The third-order valence-corrected chi connectivity index (χ3v) is 4.25. The highest BCUT2D eigenvalue weighted by molar-refractivity contribution is 6.31. The standard InChI is InChI=1S/C17H28ClN/c1-4-11-19-16(12-14(5-2)6-3)13-15-9-7-8-10-17(15)18/h7-10,14,16,19H,4-6,11-13H2,1-3H3. The molecule has 0 spiro atoms. The number of nitrogens with one attached hydrogen (secondary N) is 1. The zero-order valence-corrected chi connectivity index (χ0v) is 13.3. The van der Waals surface area contributed by atoms with E-state index in [1.165, 1.54) is 31.2 Å². The summed E-state index contributed by atoms with van der Waals surface area (Å²) >= 11 is 6.28. The summed E-state index contributed by atoms with van der Waals surface area (Å²) in [4.78, 5) is 0. The summed E-state index contributed by atoms with van der Waals surface area (Å²) in [6.45, 7) is 7.90. The summed E-state index contributed by atoms with van der Waals surface area (Å²) in [6, 6.07) is 8.77. The van der Waals surface area contributed by atoms with Crippen molar-refractivity contribution >= 4 is 11.6 Å². The molecule has 1 aromatic rings. The minimum absolute atomic E-state index is 0.546. The number of rotatable bonds is 9. The zero-order chi connectivity index (χ0) is 14.1. The molecule has 1 aromatic carbocycles. The highest BCUT2D eigenvalue weighted by Gasteiger charge is 2.15. The van der Waals surface area contributed by atoms with Crippen LogP contribution in [0.4, 0.5) is 0 Å². The first-order valence-corrected chi connectivity index (χ1v) is 8.05. The fraction of sp³-hybridized carbons (Fsp3) is 0.647. The van der Waals surface area contributed by atoms with Crippen LogP contribution < -0.4 is 5.32 Å². The lowest BCUT2D eigenvalue weighted by Gasteiger charge is -2.23. The van der Waals surface area contributed by atoms with Crippen molar-refractivity contribution in [2.75, 3.05) is 6.54 Å². The van der Waals surface area contributed by atoms with Crippen LogP contribution in [0, 0.1) is 5.92 Å². The van der Waals surface area contributed by atoms with Gasteiger partial charge in [-0.1, -0.05) is 63.4 Å². The van der Waals surface area contributed by atoms with Gasteiger partial charge < -0.3 is 5.32 Å². The summed E-state index contributed by atoms with van der Waals surface area (Å²) < 4.78 is 0. The van der Waals surface area contributed by atoms with E-state index in [1.54, 1.807) is 0 Å². The van der Waals surface area contributed by atoms with Crippen LogP contribution >= 0.6 is 11.6 Å². The lowest BCUT2D eigenvalue weighted by atomic mass is 9.91. The molecule has 108 valence electrons. The van der Waals surface area contributed by atoms with Gasteiger partial charge in [-0.15, -0.1) is 0 Å². The molecular formula is C17H28ClN. The Bertz CT molecular complexity index is 347. The second kappa shape index (κ2) is 9.39. The van der Waals surface area contributed by atoms with Gasteiger partial charge in [0, 0.05) is 11.1 Å². The van der Waals surface area contributed by atoms with Crippen molar-refractivity contribution in [2.24, 2.45) is 5.92 Å². The molecule has 0 fully saturated rings. The van der Waals surface area contributed by atoms with Crippen LogP contribution in [0.2, 0.25) is 5.02 Å². The molecule has 1 nitrogen and oxygen atoms in total. The highest BCUT2D eigenvalue weighted by Crippen LogP contribution is 2.21. The van der Waals surface area contributed by atoms with Crippen molar-refractivity contribution in [3.8, 4) is 0 Å². The lowest BCUT2D eigenvalue weighted by molar-refractivity contribution is 0.363. The second-order valence-electron chi connectivity index (χ2n) is 5.36. The average Bonchev–Trinajstić information content (AvgIpc) is 2.44. The van der Waals surface area contributed by atoms with E-state index in [2.05, 4.69) is 38.2 Å². The van der Waals surface area contributed by atoms with Crippen molar-refractivity contribution < 1.29 is 0 Å². The molecule has 1 atom stereocenters. The first-order chi connectivity index (χ1) is 9.21. The van der Waals surface area contributed by atoms with Gasteiger partial charge in [-0.05, 0) is 43.4 Å². The quantitative estimate of drug-likeness (QED) is 0.666. The minimum Gasteiger partial charge on any atom is -0.314 e. The van der Waals surface area contributed by atoms with Gasteiger partial charge in [0.1, 0.15) is 0 Å². The number of hydrogen-bond acceptors (Lipinski definition) is 1. The molecule has 0 heterocycles. The van der Waals surface area contributed by atoms with Gasteiger partial charge >= 0.3 is 0 Å². The Kier molecular flexibility index (Phi) is 8.16. The average molecular weight is 282 g/mol. The van der Waals surface area contributed by atoms with E-state index in [4.69, 9.17) is 11.6 Å². The first-order valence-electron chi connectivity index (χ1n) is 7.67. The van der Waals surface area contributed by atoms with E-state index in [-0.39, 0.29) is 0 Å². The highest BCUT2D eigenvalue weighted by atomic mass is 35.5. The fourth-order valence-corrected chi connectivity index (χ4v) is 2.75. The van der Waals surface area contributed by atoms with Crippen molar-refractivity contribution in [1.82, 2.24) is 5.32 Å². The Morgan fingerprint density at radius 3 is 2.37 bits per heavy atom. The summed E-state index contributed by atoms with van der Waals surface area (Å²) in [7, 11) is 0. The minimum atomic E-state index is 0.546. The molecule has 0 radical (unpaired) electrons. The third-order valence-electron chi connectivity index (χ3n) is 3.88. The maximum Gasteiger partial charge on any atom is 0.0438 e. The van der Waals surface area contributed by atoms with Gasteiger partial charge in [-0.25, -0.2) is 0 Å². The predicted molar refractivity (Wildman–Crippen MR) is 85.9 cm³/mol. The number of benzene rings is 1. The van der Waals surface area contributed by atoms with Gasteiger partial charge in [0.2, 0.25) is 0 Å². The summed E-state index contributed by atoms with van der Waals surface area (Å²) in [5, 5.41) is 4.58. The summed E-state index contributed by atoms with van der Waals surface area (Å²) in [5.41, 5.74) is 1.27. The molecule has 0 bridgehead atoms. The molecule has 1 unspecified atom stereocenters. The molecule has 2 heteroatoms. The molecule has 1 rings (SSSR count). The Balaban J connectivity index is 2.65. The molecule has 19 heavy (non-hydrogen) atoms. The van der Waals surface area contributed by atoms with Crippen LogP contribution in [0.25, 0.3) is 0 Å². The van der Waals surface area contributed by atoms with Crippen LogP contribution in [-0.2, 0) is 6.42 Å². The zero-order valence-electron chi connectivity index (χ0n) is 12.6. The molecule has 0 amide bonds. The largest absolute Gasteiger partial charge is 0.314 e. The van der Waals surface area contributed by atoms with Crippen molar-refractivity contribution in [2.45, 2.75) is 58.9 Å². The van der Waals surface area contributed by atoms with Crippen molar-refractivity contribution in [3.63, 3.8) is 0 Å². The normalized spacial score (nSPS) is 12.9. The van der Waals surface area contributed by atoms with E-state index in [0.29, 0.717) is 6.04 Å². The van der Waals surface area contributed by atoms with E-state index in [9.17, 15) is 0 Å².